The molecule has 4 heterocycles. The largest absolute Gasteiger partial charge is 0.493 e. The monoisotopic (exact) mass is 491 g/mol. The first kappa shape index (κ1) is 24.1. The van der Waals surface area contributed by atoms with E-state index in [1.807, 2.05) is 42.6 Å². The number of hydrogen-bond acceptors (Lipinski definition) is 7. The van der Waals surface area contributed by atoms with E-state index < -0.39 is 0 Å². The van der Waals surface area contributed by atoms with Gasteiger partial charge in [0.2, 0.25) is 5.91 Å². The van der Waals surface area contributed by atoms with Crippen LogP contribution in [0.2, 0.25) is 0 Å². The van der Waals surface area contributed by atoms with Gasteiger partial charge < -0.3 is 19.5 Å². The molecular weight excluding hydrogens is 458 g/mol. The Bertz CT molecular complexity index is 1200. The molecule has 3 aliphatic heterocycles. The van der Waals surface area contributed by atoms with Crippen molar-refractivity contribution in [2.45, 2.75) is 58.0 Å². The van der Waals surface area contributed by atoms with Crippen molar-refractivity contribution in [1.82, 2.24) is 25.2 Å². The third-order valence-corrected chi connectivity index (χ3v) is 6.84. The molecule has 0 spiro atoms. The van der Waals surface area contributed by atoms with Gasteiger partial charge in [0.25, 0.3) is 0 Å². The van der Waals surface area contributed by atoms with E-state index in [9.17, 15) is 4.79 Å². The maximum absolute atomic E-state index is 12.8. The fraction of sp³-hybridized carbons (Fsp3) is 0.444. The highest BCUT2D eigenvalue weighted by molar-refractivity contribution is 5.79. The second-order valence-corrected chi connectivity index (χ2v) is 9.49. The number of ether oxygens (including phenoxy) is 3. The van der Waals surface area contributed by atoms with Crippen LogP contribution in [0.5, 0.6) is 17.2 Å². The first-order chi connectivity index (χ1) is 17.6. The lowest BCUT2D eigenvalue weighted by atomic mass is 9.97. The van der Waals surface area contributed by atoms with E-state index in [1.165, 1.54) is 0 Å². The summed E-state index contributed by atoms with van der Waals surface area (Å²) in [4.78, 5) is 15.2. The molecule has 1 N–H and O–H groups in total. The quantitative estimate of drug-likeness (QED) is 0.560. The number of amides is 1. The smallest absolute Gasteiger partial charge is 0.224 e. The molecule has 190 valence electrons. The van der Waals surface area contributed by atoms with E-state index in [0.29, 0.717) is 38.0 Å². The normalized spacial score (nSPS) is 22.8. The van der Waals surface area contributed by atoms with Crippen molar-refractivity contribution < 1.29 is 19.0 Å². The van der Waals surface area contributed by atoms with Crippen LogP contribution in [0.1, 0.15) is 36.6 Å². The number of rotatable bonds is 1. The third-order valence-electron chi connectivity index (χ3n) is 6.84. The highest BCUT2D eigenvalue weighted by Gasteiger charge is 2.27. The average molecular weight is 492 g/mol. The van der Waals surface area contributed by atoms with E-state index >= 15 is 0 Å². The maximum atomic E-state index is 12.8. The summed E-state index contributed by atoms with van der Waals surface area (Å²) in [5.41, 5.74) is 2.74. The molecule has 6 rings (SSSR count). The molecule has 1 amide bonds. The minimum absolute atomic E-state index is 0.0438. The number of para-hydroxylation sites is 1. The summed E-state index contributed by atoms with van der Waals surface area (Å²) in [6.45, 7) is 5.12. The molecule has 1 saturated heterocycles. The van der Waals surface area contributed by atoms with Crippen LogP contribution >= 0.6 is 0 Å². The molecule has 1 unspecified atom stereocenters. The van der Waals surface area contributed by atoms with Crippen molar-refractivity contribution in [3.05, 3.63) is 65.5 Å². The number of piperidine rings is 1. The second-order valence-electron chi connectivity index (χ2n) is 9.49. The summed E-state index contributed by atoms with van der Waals surface area (Å²) >= 11 is 0. The molecule has 2 aromatic carbocycles. The topological polar surface area (TPSA) is 90.7 Å². The first-order valence-electron chi connectivity index (χ1n) is 12.5. The van der Waals surface area contributed by atoms with Crippen molar-refractivity contribution in [3.8, 4) is 17.2 Å². The summed E-state index contributed by atoms with van der Waals surface area (Å²) in [6, 6.07) is 14.2. The number of nitrogens with zero attached hydrogens (tertiary/aromatic N) is 4. The molecule has 1 fully saturated rings. The van der Waals surface area contributed by atoms with E-state index in [-0.39, 0.29) is 11.9 Å². The molecule has 0 radical (unpaired) electrons. The number of hydrogen-bond donors (Lipinski definition) is 1. The predicted molar refractivity (Wildman–Crippen MR) is 134 cm³/mol. The van der Waals surface area contributed by atoms with Gasteiger partial charge in [-0.25, -0.2) is 4.68 Å². The van der Waals surface area contributed by atoms with Gasteiger partial charge in [-0.3, -0.25) is 9.69 Å². The average Bonchev–Trinajstić information content (AvgIpc) is 3.32. The number of fused-ring (bicyclic) bond motifs is 7. The molecule has 3 atom stereocenters. The molecule has 9 heteroatoms. The van der Waals surface area contributed by atoms with Gasteiger partial charge in [0.1, 0.15) is 24.7 Å². The lowest BCUT2D eigenvalue weighted by Gasteiger charge is -2.38. The Balaban J connectivity index is 1.39. The zero-order valence-corrected chi connectivity index (χ0v) is 20.9. The fourth-order valence-electron chi connectivity index (χ4n) is 4.94. The van der Waals surface area contributed by atoms with Crippen molar-refractivity contribution in [1.29, 1.82) is 0 Å². The standard InChI is InChI=1S/C27H33N5O4/c1-19-13-22-9-10-31(19)16-21-6-4-8-25(34-2)27(21)36-18-23-17-32(30-29-23)11-12-35-24-7-3-5-20(14-24)15-26(33)28-22/h3-8,14,17,19,22H,9-13,15-16,18H2,1-2H3,(H,28,33)/t19-,22-/m1/s1. The second kappa shape index (κ2) is 11.0. The van der Waals surface area contributed by atoms with Crippen molar-refractivity contribution in [2.24, 2.45) is 0 Å². The number of carbonyl (C=O) groups excluding carboxylic acids is 1. The van der Waals surface area contributed by atoms with Crippen LogP contribution in [-0.4, -0.2) is 58.1 Å². The summed E-state index contributed by atoms with van der Waals surface area (Å²) in [5.74, 6) is 2.21. The van der Waals surface area contributed by atoms with Gasteiger partial charge in [0.05, 0.1) is 26.3 Å². The molecule has 3 aliphatic rings. The van der Waals surface area contributed by atoms with E-state index in [2.05, 4.69) is 33.5 Å². The fourth-order valence-corrected chi connectivity index (χ4v) is 4.94. The van der Waals surface area contributed by atoms with Crippen molar-refractivity contribution in [2.75, 3.05) is 20.3 Å². The molecule has 9 nitrogen and oxygen atoms in total. The minimum atomic E-state index is 0.0438. The Morgan fingerprint density at radius 1 is 1.14 bits per heavy atom. The Morgan fingerprint density at radius 2 is 2.03 bits per heavy atom. The van der Waals surface area contributed by atoms with E-state index in [0.717, 1.165) is 54.3 Å². The molecule has 3 aromatic rings. The highest BCUT2D eigenvalue weighted by atomic mass is 16.5. The zero-order chi connectivity index (χ0) is 24.9. The van der Waals surface area contributed by atoms with Crippen molar-refractivity contribution >= 4 is 5.91 Å². The maximum Gasteiger partial charge on any atom is 0.224 e. The van der Waals surface area contributed by atoms with Crippen LogP contribution in [0.4, 0.5) is 0 Å². The molecule has 1 aromatic heterocycles. The third kappa shape index (κ3) is 5.79. The van der Waals surface area contributed by atoms with Crippen LogP contribution in [0.25, 0.3) is 0 Å². The Hall–Kier alpha value is -3.59. The van der Waals surface area contributed by atoms with Gasteiger partial charge in [-0.1, -0.05) is 29.5 Å². The SMILES string of the molecule is COc1cccc2c1OCc1cn(nn1)CCOc1cccc(c1)CC(=O)N[C@@H]1CCN(C2)[C@H](C)C1. The van der Waals surface area contributed by atoms with Gasteiger partial charge in [-0.15, -0.1) is 5.10 Å². The molecular formula is C27H33N5O4. The number of aromatic nitrogens is 3. The Kier molecular flexibility index (Phi) is 7.36. The van der Waals surface area contributed by atoms with Gasteiger partial charge in [0, 0.05) is 30.7 Å². The molecule has 0 aliphatic carbocycles. The lowest BCUT2D eigenvalue weighted by Crippen LogP contribution is -2.48. The number of carbonyl (C=O) groups is 1. The highest BCUT2D eigenvalue weighted by Crippen LogP contribution is 2.34. The Labute approximate surface area is 211 Å². The van der Waals surface area contributed by atoms with Crippen LogP contribution in [0, 0.1) is 0 Å². The predicted octanol–water partition coefficient (Wildman–Crippen LogP) is 2.97. The number of benzene rings is 2. The van der Waals surface area contributed by atoms with E-state index in [4.69, 9.17) is 14.2 Å². The lowest BCUT2D eigenvalue weighted by molar-refractivity contribution is -0.121. The van der Waals surface area contributed by atoms with Gasteiger partial charge in [-0.05, 0) is 43.5 Å². The first-order valence-corrected chi connectivity index (χ1v) is 12.5. The zero-order valence-electron chi connectivity index (χ0n) is 20.9. The van der Waals surface area contributed by atoms with Gasteiger partial charge in [0.15, 0.2) is 11.5 Å². The molecule has 6 bridgehead atoms. The van der Waals surface area contributed by atoms with Crippen molar-refractivity contribution in [3.63, 3.8) is 0 Å². The number of methoxy groups -OCH3 is 1. The van der Waals surface area contributed by atoms with Crippen LogP contribution in [-0.2, 0) is 30.9 Å². The summed E-state index contributed by atoms with van der Waals surface area (Å²) in [5, 5.41) is 11.7. The Morgan fingerprint density at radius 3 is 2.89 bits per heavy atom. The van der Waals surface area contributed by atoms with Gasteiger partial charge >= 0.3 is 0 Å². The summed E-state index contributed by atoms with van der Waals surface area (Å²) < 4.78 is 19.5. The van der Waals surface area contributed by atoms with Crippen LogP contribution < -0.4 is 19.5 Å². The summed E-state index contributed by atoms with van der Waals surface area (Å²) in [7, 11) is 1.65. The number of nitrogens with one attached hydrogen (secondary N) is 1. The van der Waals surface area contributed by atoms with Crippen LogP contribution in [0.3, 0.4) is 0 Å². The molecule has 0 saturated carbocycles. The van der Waals surface area contributed by atoms with Crippen LogP contribution in [0.15, 0.2) is 48.7 Å². The minimum Gasteiger partial charge on any atom is -0.493 e. The molecule has 36 heavy (non-hydrogen) atoms. The van der Waals surface area contributed by atoms with E-state index in [1.54, 1.807) is 11.8 Å². The summed E-state index contributed by atoms with van der Waals surface area (Å²) in [6.07, 6.45) is 4.01. The van der Waals surface area contributed by atoms with Gasteiger partial charge in [-0.2, -0.15) is 0 Å².